The number of nitrogens with two attached hydrogens (primary N) is 1. The number of rotatable bonds is 5. The Morgan fingerprint density at radius 2 is 2.36 bits per heavy atom. The second-order valence-corrected chi connectivity index (χ2v) is 2.53. The highest BCUT2D eigenvalue weighted by atomic mass is 16.7. The summed E-state index contributed by atoms with van der Waals surface area (Å²) < 4.78 is 0. The van der Waals surface area contributed by atoms with Gasteiger partial charge in [-0.2, -0.15) is 5.90 Å². The molecule has 4 nitrogen and oxygen atoms in total. The number of carbonyl (C=O) groups is 1. The Kier molecular flexibility index (Phi) is 5.78. The van der Waals surface area contributed by atoms with Crippen LogP contribution < -0.4 is 5.90 Å². The van der Waals surface area contributed by atoms with Gasteiger partial charge >= 0.3 is 5.97 Å². The molecular formula is C7H15NO3. The smallest absolute Gasteiger partial charge is 0.324 e. The molecule has 4 heteroatoms. The third kappa shape index (κ3) is 4.75. The Morgan fingerprint density at radius 3 is 2.73 bits per heavy atom. The summed E-state index contributed by atoms with van der Waals surface area (Å²) in [7, 11) is 0. The maximum Gasteiger partial charge on any atom is 0.324 e. The summed E-state index contributed by atoms with van der Waals surface area (Å²) in [6.45, 7) is 2.01. The van der Waals surface area contributed by atoms with E-state index in [2.05, 4.69) is 10.7 Å². The van der Waals surface area contributed by atoms with E-state index in [9.17, 15) is 4.79 Å². The van der Waals surface area contributed by atoms with Crippen LogP contribution in [0, 0.1) is 5.92 Å². The van der Waals surface area contributed by atoms with E-state index in [0.29, 0.717) is 0 Å². The fourth-order valence-corrected chi connectivity index (χ4v) is 0.950. The van der Waals surface area contributed by atoms with Crippen LogP contribution in [-0.4, -0.2) is 17.7 Å². The predicted molar refractivity (Wildman–Crippen MR) is 40.4 cm³/mol. The van der Waals surface area contributed by atoms with Gasteiger partial charge in [-0.15, -0.1) is 0 Å². The number of carbonyl (C=O) groups excluding carboxylic acids is 1. The minimum absolute atomic E-state index is 0.00366. The first-order valence-electron chi connectivity index (χ1n) is 3.75. The highest BCUT2D eigenvalue weighted by molar-refractivity contribution is 5.69. The Morgan fingerprint density at radius 1 is 1.73 bits per heavy atom. The van der Waals surface area contributed by atoms with Gasteiger partial charge in [-0.1, -0.05) is 13.3 Å². The van der Waals surface area contributed by atoms with Gasteiger partial charge in [-0.05, 0) is 12.3 Å². The van der Waals surface area contributed by atoms with Crippen molar-refractivity contribution in [1.29, 1.82) is 0 Å². The number of hydrogen-bond donors (Lipinski definition) is 2. The van der Waals surface area contributed by atoms with E-state index in [-0.39, 0.29) is 18.9 Å². The zero-order valence-corrected chi connectivity index (χ0v) is 6.75. The van der Waals surface area contributed by atoms with Crippen molar-refractivity contribution >= 4 is 5.97 Å². The maximum atomic E-state index is 10.6. The van der Waals surface area contributed by atoms with Crippen LogP contribution in [0.4, 0.5) is 0 Å². The fraction of sp³-hybridized carbons (Fsp3) is 0.857. The molecule has 0 radical (unpaired) electrons. The molecule has 11 heavy (non-hydrogen) atoms. The molecule has 0 heterocycles. The Balaban J connectivity index is 3.58. The van der Waals surface area contributed by atoms with Crippen molar-refractivity contribution in [2.75, 3.05) is 6.61 Å². The van der Waals surface area contributed by atoms with E-state index in [1.54, 1.807) is 0 Å². The molecular weight excluding hydrogens is 146 g/mol. The zero-order chi connectivity index (χ0) is 8.69. The second kappa shape index (κ2) is 6.12. The van der Waals surface area contributed by atoms with Crippen LogP contribution in [-0.2, 0) is 9.63 Å². The van der Waals surface area contributed by atoms with E-state index < -0.39 is 5.97 Å². The Bertz CT molecular complexity index is 116. The largest absolute Gasteiger partial charge is 0.396 e. The van der Waals surface area contributed by atoms with Crippen LogP contribution >= 0.6 is 0 Å². The number of aliphatic hydroxyl groups is 1. The molecule has 3 N–H and O–H groups in total. The van der Waals surface area contributed by atoms with Crippen molar-refractivity contribution in [3.63, 3.8) is 0 Å². The van der Waals surface area contributed by atoms with E-state index in [4.69, 9.17) is 5.11 Å². The van der Waals surface area contributed by atoms with Crippen molar-refractivity contribution in [2.24, 2.45) is 11.8 Å². The summed E-state index contributed by atoms with van der Waals surface area (Å²) in [4.78, 5) is 14.6. The first-order valence-corrected chi connectivity index (χ1v) is 3.75. The lowest BCUT2D eigenvalue weighted by molar-refractivity contribution is -0.145. The van der Waals surface area contributed by atoms with Crippen molar-refractivity contribution in [2.45, 2.75) is 26.2 Å². The standard InChI is InChI=1S/C7H15NO3/c1-2-3-6(5-9)4-7(10)11-8/h6,9H,2-5,8H2,1H3/t6-/m1/s1. The predicted octanol–water partition coefficient (Wildman–Crippen LogP) is 0.202. The molecule has 0 spiro atoms. The summed E-state index contributed by atoms with van der Waals surface area (Å²) >= 11 is 0. The van der Waals surface area contributed by atoms with Gasteiger partial charge in [0.2, 0.25) is 0 Å². The number of aliphatic hydroxyl groups excluding tert-OH is 1. The van der Waals surface area contributed by atoms with Gasteiger partial charge in [0, 0.05) is 6.61 Å². The quantitative estimate of drug-likeness (QED) is 0.565. The minimum Gasteiger partial charge on any atom is -0.396 e. The van der Waals surface area contributed by atoms with Gasteiger partial charge < -0.3 is 9.94 Å². The van der Waals surface area contributed by atoms with E-state index in [0.717, 1.165) is 12.8 Å². The lowest BCUT2D eigenvalue weighted by Crippen LogP contribution is -2.17. The van der Waals surface area contributed by atoms with Crippen LogP contribution in [0.15, 0.2) is 0 Å². The molecule has 1 atom stereocenters. The molecule has 0 rings (SSSR count). The van der Waals surface area contributed by atoms with Gasteiger partial charge in [0.05, 0.1) is 6.42 Å². The second-order valence-electron chi connectivity index (χ2n) is 2.53. The molecule has 0 aliphatic carbocycles. The highest BCUT2D eigenvalue weighted by Gasteiger charge is 2.12. The third-order valence-corrected chi connectivity index (χ3v) is 1.54. The summed E-state index contributed by atoms with van der Waals surface area (Å²) in [6, 6.07) is 0. The minimum atomic E-state index is -0.461. The molecule has 0 saturated heterocycles. The van der Waals surface area contributed by atoms with E-state index >= 15 is 0 Å². The molecule has 66 valence electrons. The van der Waals surface area contributed by atoms with Crippen LogP contribution in [0.25, 0.3) is 0 Å². The molecule has 0 amide bonds. The molecule has 0 bridgehead atoms. The lowest BCUT2D eigenvalue weighted by Gasteiger charge is -2.09. The van der Waals surface area contributed by atoms with Crippen molar-refractivity contribution in [3.05, 3.63) is 0 Å². The highest BCUT2D eigenvalue weighted by Crippen LogP contribution is 2.10. The summed E-state index contributed by atoms with van der Waals surface area (Å²) in [5.41, 5.74) is 0. The molecule has 0 saturated carbocycles. The van der Waals surface area contributed by atoms with Crippen molar-refractivity contribution in [3.8, 4) is 0 Å². The van der Waals surface area contributed by atoms with Crippen molar-refractivity contribution < 1.29 is 14.7 Å². The Labute approximate surface area is 66.3 Å². The SMILES string of the molecule is CCC[C@@H](CO)CC(=O)ON. The monoisotopic (exact) mass is 161 g/mol. The molecule has 0 unspecified atom stereocenters. The summed E-state index contributed by atoms with van der Waals surface area (Å²) in [5.74, 6) is 4.18. The summed E-state index contributed by atoms with van der Waals surface area (Å²) in [6.07, 6.45) is 1.98. The third-order valence-electron chi connectivity index (χ3n) is 1.54. The summed E-state index contributed by atoms with van der Waals surface area (Å²) in [5, 5.41) is 8.75. The average Bonchev–Trinajstić information content (AvgIpc) is 2.03. The van der Waals surface area contributed by atoms with Gasteiger partial charge in [0.1, 0.15) is 0 Å². The Hall–Kier alpha value is -0.610. The first-order chi connectivity index (χ1) is 5.24. The average molecular weight is 161 g/mol. The van der Waals surface area contributed by atoms with Crippen LogP contribution in [0.3, 0.4) is 0 Å². The van der Waals surface area contributed by atoms with Crippen molar-refractivity contribution in [1.82, 2.24) is 0 Å². The lowest BCUT2D eigenvalue weighted by atomic mass is 10.0. The van der Waals surface area contributed by atoms with Crippen LogP contribution in [0.1, 0.15) is 26.2 Å². The topological polar surface area (TPSA) is 72.5 Å². The molecule has 0 aliphatic heterocycles. The van der Waals surface area contributed by atoms with Crippen LogP contribution in [0.2, 0.25) is 0 Å². The van der Waals surface area contributed by atoms with E-state index in [1.165, 1.54) is 0 Å². The fourth-order valence-electron chi connectivity index (χ4n) is 0.950. The normalized spacial score (nSPS) is 12.6. The maximum absolute atomic E-state index is 10.6. The molecule has 0 fully saturated rings. The van der Waals surface area contributed by atoms with E-state index in [1.807, 2.05) is 6.92 Å². The molecule has 0 aromatic heterocycles. The zero-order valence-electron chi connectivity index (χ0n) is 6.75. The van der Waals surface area contributed by atoms with Gasteiger partial charge in [-0.25, -0.2) is 0 Å². The van der Waals surface area contributed by atoms with Gasteiger partial charge in [0.25, 0.3) is 0 Å². The van der Waals surface area contributed by atoms with Crippen LogP contribution in [0.5, 0.6) is 0 Å². The van der Waals surface area contributed by atoms with Gasteiger partial charge in [-0.3, -0.25) is 4.79 Å². The molecule has 0 aliphatic rings. The van der Waals surface area contributed by atoms with Gasteiger partial charge in [0.15, 0.2) is 0 Å². The first kappa shape index (κ1) is 10.4. The molecule has 0 aromatic carbocycles. The molecule has 0 aromatic rings. The number of hydrogen-bond acceptors (Lipinski definition) is 4.